The highest BCUT2D eigenvalue weighted by Gasteiger charge is 2.52. The fraction of sp³-hybridized carbons (Fsp3) is 0.500. The van der Waals surface area contributed by atoms with Crippen molar-refractivity contribution in [3.05, 3.63) is 41.0 Å². The van der Waals surface area contributed by atoms with E-state index in [0.717, 1.165) is 32.1 Å². The molecule has 0 amide bonds. The molecule has 2 fully saturated rings. The van der Waals surface area contributed by atoms with Crippen LogP contribution in [0, 0.1) is 11.3 Å². The number of carbonyl (C=O) groups excluding carboxylic acids is 1. The van der Waals surface area contributed by atoms with Gasteiger partial charge in [-0.15, -0.1) is 0 Å². The molecule has 0 radical (unpaired) electrons. The fourth-order valence-corrected chi connectivity index (χ4v) is 4.73. The van der Waals surface area contributed by atoms with Gasteiger partial charge in [0.05, 0.1) is 0 Å². The molecule has 104 valence electrons. The minimum Gasteiger partial charge on any atom is -0.508 e. The summed E-state index contributed by atoms with van der Waals surface area (Å²) in [5, 5.41) is 9.64. The third-order valence-corrected chi connectivity index (χ3v) is 5.88. The third-order valence-electron chi connectivity index (χ3n) is 5.88. The average Bonchev–Trinajstić information content (AvgIpc) is 2.74. The number of aromatic hydroxyl groups is 1. The Kier molecular flexibility index (Phi) is 2.42. The van der Waals surface area contributed by atoms with Crippen LogP contribution in [0.1, 0.15) is 49.7 Å². The van der Waals surface area contributed by atoms with Crippen molar-refractivity contribution in [1.82, 2.24) is 0 Å². The highest BCUT2D eigenvalue weighted by molar-refractivity contribution is 5.88. The highest BCUT2D eigenvalue weighted by atomic mass is 16.3. The lowest BCUT2D eigenvalue weighted by Crippen LogP contribution is -2.37. The minimum atomic E-state index is -0.100. The lowest BCUT2D eigenvalue weighted by molar-refractivity contribution is -0.126. The second kappa shape index (κ2) is 3.97. The second-order valence-electron chi connectivity index (χ2n) is 6.81. The lowest BCUT2D eigenvalue weighted by atomic mass is 9.60. The molecule has 0 aromatic heterocycles. The van der Waals surface area contributed by atoms with Crippen molar-refractivity contribution >= 4 is 5.78 Å². The molecule has 2 saturated carbocycles. The molecule has 2 nitrogen and oxygen atoms in total. The quantitative estimate of drug-likeness (QED) is 0.728. The number of hydrogen-bond donors (Lipinski definition) is 1. The van der Waals surface area contributed by atoms with Crippen LogP contribution >= 0.6 is 0 Å². The summed E-state index contributed by atoms with van der Waals surface area (Å²) in [6, 6.07) is 5.79. The van der Waals surface area contributed by atoms with Crippen LogP contribution in [0.4, 0.5) is 0 Å². The van der Waals surface area contributed by atoms with E-state index in [1.54, 1.807) is 6.07 Å². The van der Waals surface area contributed by atoms with Crippen molar-refractivity contribution in [2.24, 2.45) is 11.3 Å². The number of Topliss-reactive ketones (excluding diaryl/α,β-unsaturated/α-hetero) is 1. The molecule has 20 heavy (non-hydrogen) atoms. The standard InChI is InChI=1S/C18H20O2/c1-18-9-8-14-13-5-3-12(19)10-11(13)2-4-15(14)16(18)6-7-17(18)20/h3-5,10,14,16,19H,2,6-9H2,1H3/t14-,16+,18?/m1/s1. The molecule has 0 heterocycles. The Morgan fingerprint density at radius 1 is 1.30 bits per heavy atom. The first-order valence-corrected chi connectivity index (χ1v) is 7.64. The largest absolute Gasteiger partial charge is 0.508 e. The number of carbonyl (C=O) groups is 1. The van der Waals surface area contributed by atoms with Gasteiger partial charge in [0.15, 0.2) is 0 Å². The van der Waals surface area contributed by atoms with E-state index in [0.29, 0.717) is 23.4 Å². The van der Waals surface area contributed by atoms with Crippen LogP contribution in [0.3, 0.4) is 0 Å². The van der Waals surface area contributed by atoms with E-state index in [4.69, 9.17) is 0 Å². The van der Waals surface area contributed by atoms with Crippen molar-refractivity contribution in [3.63, 3.8) is 0 Å². The maximum atomic E-state index is 12.2. The fourth-order valence-electron chi connectivity index (χ4n) is 4.73. The van der Waals surface area contributed by atoms with Gasteiger partial charge < -0.3 is 5.11 Å². The molecule has 3 aliphatic rings. The second-order valence-corrected chi connectivity index (χ2v) is 6.81. The predicted octanol–water partition coefficient (Wildman–Crippen LogP) is 3.74. The SMILES string of the molecule is CC12CC[C@H]3C(=CCc4cc(O)ccc43)[C@@H]1CCC2=O. The maximum Gasteiger partial charge on any atom is 0.139 e. The third kappa shape index (κ3) is 1.48. The van der Waals surface area contributed by atoms with E-state index in [1.807, 2.05) is 6.07 Å². The molecule has 0 spiro atoms. The summed E-state index contributed by atoms with van der Waals surface area (Å²) in [5.41, 5.74) is 4.03. The van der Waals surface area contributed by atoms with Gasteiger partial charge in [-0.2, -0.15) is 0 Å². The van der Waals surface area contributed by atoms with Gasteiger partial charge in [0.1, 0.15) is 11.5 Å². The maximum absolute atomic E-state index is 12.2. The van der Waals surface area contributed by atoms with Crippen molar-refractivity contribution in [1.29, 1.82) is 0 Å². The summed E-state index contributed by atoms with van der Waals surface area (Å²) >= 11 is 0. The van der Waals surface area contributed by atoms with Crippen molar-refractivity contribution in [2.75, 3.05) is 0 Å². The van der Waals surface area contributed by atoms with Gasteiger partial charge in [0.2, 0.25) is 0 Å². The molecule has 3 aliphatic carbocycles. The van der Waals surface area contributed by atoms with Crippen LogP contribution in [0.15, 0.2) is 29.8 Å². The number of fused-ring (bicyclic) bond motifs is 5. The Morgan fingerprint density at radius 2 is 2.15 bits per heavy atom. The first-order chi connectivity index (χ1) is 9.59. The van der Waals surface area contributed by atoms with Crippen LogP contribution < -0.4 is 0 Å². The van der Waals surface area contributed by atoms with Crippen LogP contribution in [0.5, 0.6) is 5.75 Å². The van der Waals surface area contributed by atoms with Gasteiger partial charge >= 0.3 is 0 Å². The molecule has 0 saturated heterocycles. The molecule has 2 heteroatoms. The van der Waals surface area contributed by atoms with Gasteiger partial charge in [-0.3, -0.25) is 4.79 Å². The molecule has 0 aliphatic heterocycles. The van der Waals surface area contributed by atoms with Crippen LogP contribution in [-0.2, 0) is 11.2 Å². The normalized spacial score (nSPS) is 35.0. The molecular weight excluding hydrogens is 248 g/mol. The summed E-state index contributed by atoms with van der Waals surface area (Å²) in [4.78, 5) is 12.2. The summed E-state index contributed by atoms with van der Waals surface area (Å²) < 4.78 is 0. The Bertz CT molecular complexity index is 628. The van der Waals surface area contributed by atoms with Crippen LogP contribution in [0.2, 0.25) is 0 Å². The Labute approximate surface area is 119 Å². The first kappa shape index (κ1) is 12.2. The molecule has 1 N–H and O–H groups in total. The van der Waals surface area contributed by atoms with Gasteiger partial charge in [-0.1, -0.05) is 24.6 Å². The Hall–Kier alpha value is -1.57. The van der Waals surface area contributed by atoms with Crippen LogP contribution in [-0.4, -0.2) is 10.9 Å². The molecule has 3 atom stereocenters. The zero-order valence-electron chi connectivity index (χ0n) is 11.9. The topological polar surface area (TPSA) is 37.3 Å². The number of ketones is 1. The van der Waals surface area contributed by atoms with E-state index in [2.05, 4.69) is 19.1 Å². The molecule has 1 aromatic carbocycles. The van der Waals surface area contributed by atoms with E-state index in [9.17, 15) is 9.90 Å². The van der Waals surface area contributed by atoms with Gasteiger partial charge in [0.25, 0.3) is 0 Å². The lowest BCUT2D eigenvalue weighted by Gasteiger charge is -2.43. The molecular formula is C18H20O2. The Morgan fingerprint density at radius 3 is 3.00 bits per heavy atom. The average molecular weight is 268 g/mol. The summed E-state index contributed by atoms with van der Waals surface area (Å²) in [6.45, 7) is 2.18. The summed E-state index contributed by atoms with van der Waals surface area (Å²) in [6.07, 6.45) is 7.11. The smallest absolute Gasteiger partial charge is 0.139 e. The number of phenols is 1. The zero-order valence-corrected chi connectivity index (χ0v) is 11.9. The molecule has 4 rings (SSSR count). The number of phenolic OH excluding ortho intramolecular Hbond substituents is 1. The number of hydrogen-bond acceptors (Lipinski definition) is 2. The van der Waals surface area contributed by atoms with E-state index < -0.39 is 0 Å². The van der Waals surface area contributed by atoms with E-state index in [-0.39, 0.29) is 5.41 Å². The number of benzene rings is 1. The predicted molar refractivity (Wildman–Crippen MR) is 77.7 cm³/mol. The van der Waals surface area contributed by atoms with Crippen molar-refractivity contribution in [3.8, 4) is 5.75 Å². The first-order valence-electron chi connectivity index (χ1n) is 7.64. The molecule has 1 aromatic rings. The van der Waals surface area contributed by atoms with Gasteiger partial charge in [-0.25, -0.2) is 0 Å². The van der Waals surface area contributed by atoms with E-state index in [1.165, 1.54) is 16.7 Å². The number of allylic oxidation sites excluding steroid dienone is 2. The minimum absolute atomic E-state index is 0.100. The van der Waals surface area contributed by atoms with Gasteiger partial charge in [-0.05, 0) is 54.9 Å². The monoisotopic (exact) mass is 268 g/mol. The Balaban J connectivity index is 1.77. The molecule has 1 unspecified atom stereocenters. The summed E-state index contributed by atoms with van der Waals surface area (Å²) in [7, 11) is 0. The molecule has 0 bridgehead atoms. The highest BCUT2D eigenvalue weighted by Crippen LogP contribution is 2.57. The summed E-state index contributed by atoms with van der Waals surface area (Å²) in [5.74, 6) is 1.76. The van der Waals surface area contributed by atoms with Crippen LogP contribution in [0.25, 0.3) is 0 Å². The zero-order chi connectivity index (χ0) is 13.9. The van der Waals surface area contributed by atoms with Gasteiger partial charge in [0, 0.05) is 17.8 Å². The van der Waals surface area contributed by atoms with E-state index >= 15 is 0 Å². The van der Waals surface area contributed by atoms with Crippen molar-refractivity contribution in [2.45, 2.75) is 44.9 Å². The number of rotatable bonds is 0. The van der Waals surface area contributed by atoms with Crippen molar-refractivity contribution < 1.29 is 9.90 Å².